The minimum Gasteiger partial charge on any atom is -0.492 e. The lowest BCUT2D eigenvalue weighted by Crippen LogP contribution is -2.58. The summed E-state index contributed by atoms with van der Waals surface area (Å²) in [5.74, 6) is -0.654. The van der Waals surface area contributed by atoms with E-state index in [2.05, 4.69) is 39.6 Å². The van der Waals surface area contributed by atoms with Gasteiger partial charge >= 0.3 is 6.18 Å². The summed E-state index contributed by atoms with van der Waals surface area (Å²) in [6.07, 6.45) is -3.54. The maximum absolute atomic E-state index is 13.8. The van der Waals surface area contributed by atoms with Crippen LogP contribution in [0.25, 0.3) is 0 Å². The van der Waals surface area contributed by atoms with Crippen LogP contribution in [0, 0.1) is 11.3 Å². The number of rotatable bonds is 12. The lowest BCUT2D eigenvalue weighted by molar-refractivity contribution is -0.138. The molecule has 3 aromatic carbocycles. The van der Waals surface area contributed by atoms with E-state index in [1.165, 1.54) is 6.07 Å². The monoisotopic (exact) mass is 832 g/mol. The van der Waals surface area contributed by atoms with Crippen molar-refractivity contribution in [3.05, 3.63) is 77.4 Å². The number of carbonyl (C=O) groups excluding carboxylic acids is 4. The lowest BCUT2D eigenvalue weighted by atomic mass is 10.0. The van der Waals surface area contributed by atoms with E-state index in [1.54, 1.807) is 55.1 Å². The molecule has 3 N–H and O–H groups in total. The standard InChI is InChI=1S/C42H47F3N8O5S/c1-6-27-18-32(53-40(59)52(39(57)41(53,4)5)31-11-10-28(21-46)33(20-31)42(43,44)45)12-14-35(27)58-17-16-50-22-25(2)51(26(3)23-50)24-37(55)48-30-9-7-8-29(19-30)47-34-13-15-36(54)49-38(34)56/h7-12,14,18-20,25-26,34,47H,6,13,15-17,22-24H2,1-5H3,(H,48,55)(H,49,54,56)/t25-,26-,34?/m0/s1. The Kier molecular flexibility index (Phi) is 12.6. The molecule has 0 bridgehead atoms. The van der Waals surface area contributed by atoms with Gasteiger partial charge in [-0.15, -0.1) is 0 Å². The number of nitrogens with zero attached hydrogens (tertiary/aromatic N) is 5. The summed E-state index contributed by atoms with van der Waals surface area (Å²) in [5.41, 5.74) is -0.290. The molecule has 3 fully saturated rings. The molecule has 0 saturated carbocycles. The number of imide groups is 1. The fraction of sp³-hybridized carbons (Fsp3) is 0.429. The zero-order valence-electron chi connectivity index (χ0n) is 33.5. The molecule has 0 aromatic heterocycles. The number of aryl methyl sites for hydroxylation is 1. The predicted molar refractivity (Wildman–Crippen MR) is 221 cm³/mol. The van der Waals surface area contributed by atoms with Crippen molar-refractivity contribution in [3.8, 4) is 11.8 Å². The van der Waals surface area contributed by atoms with Gasteiger partial charge in [-0.1, -0.05) is 13.0 Å². The zero-order valence-corrected chi connectivity index (χ0v) is 34.3. The van der Waals surface area contributed by atoms with Crippen molar-refractivity contribution in [1.82, 2.24) is 15.1 Å². The number of thiocarbonyl (C=S) groups is 1. The summed E-state index contributed by atoms with van der Waals surface area (Å²) in [7, 11) is 0. The van der Waals surface area contributed by atoms with Crippen molar-refractivity contribution < 1.29 is 37.1 Å². The third kappa shape index (κ3) is 9.35. The Balaban J connectivity index is 1.03. The minimum absolute atomic E-state index is 0.0157. The summed E-state index contributed by atoms with van der Waals surface area (Å²) in [4.78, 5) is 57.7. The van der Waals surface area contributed by atoms with E-state index in [4.69, 9.17) is 17.0 Å². The van der Waals surface area contributed by atoms with Crippen LogP contribution in [0.4, 0.5) is 35.9 Å². The molecule has 3 aliphatic heterocycles. The number of amides is 4. The molecule has 17 heteroatoms. The minimum atomic E-state index is -4.80. The molecular weight excluding hydrogens is 786 g/mol. The van der Waals surface area contributed by atoms with Gasteiger partial charge in [-0.3, -0.25) is 39.2 Å². The van der Waals surface area contributed by atoms with Gasteiger partial charge in [0.2, 0.25) is 17.7 Å². The molecule has 1 unspecified atom stereocenters. The van der Waals surface area contributed by atoms with Crippen LogP contribution < -0.4 is 30.5 Å². The molecule has 13 nitrogen and oxygen atoms in total. The number of alkyl halides is 3. The summed E-state index contributed by atoms with van der Waals surface area (Å²) in [5, 5.41) is 17.7. The maximum Gasteiger partial charge on any atom is 0.417 e. The summed E-state index contributed by atoms with van der Waals surface area (Å²) >= 11 is 5.72. The van der Waals surface area contributed by atoms with E-state index in [0.717, 1.165) is 35.7 Å². The highest BCUT2D eigenvalue weighted by atomic mass is 32.1. The molecule has 3 aliphatic rings. The number of carbonyl (C=O) groups is 4. The smallest absolute Gasteiger partial charge is 0.417 e. The van der Waals surface area contributed by atoms with Crippen LogP contribution in [-0.2, 0) is 31.8 Å². The third-order valence-corrected chi connectivity index (χ3v) is 11.3. The highest BCUT2D eigenvalue weighted by molar-refractivity contribution is 7.81. The first-order valence-corrected chi connectivity index (χ1v) is 19.9. The Hall–Kier alpha value is -5.57. The SMILES string of the molecule is CCc1cc(N2C(=S)N(c3ccc(C#N)c(C(F)(F)F)c3)C(=O)C2(C)C)ccc1OCCN1C[C@H](C)N(CC(=O)Nc2cccc(NC3CCC(=O)NC3=O)c2)[C@@H](C)C1. The fourth-order valence-electron chi connectivity index (χ4n) is 7.91. The number of nitrogens with one attached hydrogen (secondary N) is 3. The molecule has 0 aliphatic carbocycles. The molecular formula is C42H47F3N8O5S. The molecule has 6 rings (SSSR count). The van der Waals surface area contributed by atoms with E-state index in [1.807, 2.05) is 19.1 Å². The number of nitriles is 1. The molecule has 3 heterocycles. The first-order chi connectivity index (χ1) is 27.9. The second-order valence-corrected chi connectivity index (χ2v) is 15.9. The third-order valence-electron chi connectivity index (χ3n) is 10.9. The Bertz CT molecular complexity index is 2180. The molecule has 59 heavy (non-hydrogen) atoms. The van der Waals surface area contributed by atoms with Gasteiger partial charge in [0.15, 0.2) is 5.11 Å². The van der Waals surface area contributed by atoms with E-state index >= 15 is 0 Å². The van der Waals surface area contributed by atoms with Crippen LogP contribution >= 0.6 is 12.2 Å². The van der Waals surface area contributed by atoms with Gasteiger partial charge in [0, 0.05) is 55.2 Å². The van der Waals surface area contributed by atoms with Gasteiger partial charge < -0.3 is 20.3 Å². The van der Waals surface area contributed by atoms with E-state index < -0.39 is 34.8 Å². The van der Waals surface area contributed by atoms with E-state index in [-0.39, 0.29) is 53.6 Å². The van der Waals surface area contributed by atoms with E-state index in [0.29, 0.717) is 48.8 Å². The van der Waals surface area contributed by atoms with Gasteiger partial charge in [0.05, 0.1) is 29.4 Å². The molecule has 312 valence electrons. The van der Waals surface area contributed by atoms with Gasteiger partial charge in [-0.2, -0.15) is 18.4 Å². The second-order valence-electron chi connectivity index (χ2n) is 15.6. The average molecular weight is 833 g/mol. The average Bonchev–Trinajstić information content (AvgIpc) is 3.35. The number of piperidine rings is 1. The van der Waals surface area contributed by atoms with Crippen LogP contribution in [-0.4, -0.2) is 95.0 Å². The summed E-state index contributed by atoms with van der Waals surface area (Å²) < 4.78 is 47.6. The molecule has 4 amide bonds. The maximum atomic E-state index is 13.8. The quantitative estimate of drug-likeness (QED) is 0.153. The summed E-state index contributed by atoms with van der Waals surface area (Å²) in [6.45, 7) is 12.1. The topological polar surface area (TPSA) is 150 Å². The molecule has 0 radical (unpaired) electrons. The first-order valence-electron chi connectivity index (χ1n) is 19.4. The Labute approximate surface area is 346 Å². The Morgan fingerprint density at radius 1 is 1.02 bits per heavy atom. The number of hydrogen-bond donors (Lipinski definition) is 3. The number of piperazine rings is 1. The van der Waals surface area contributed by atoms with Crippen molar-refractivity contribution in [1.29, 1.82) is 5.26 Å². The fourth-order valence-corrected chi connectivity index (χ4v) is 8.43. The zero-order chi connectivity index (χ0) is 42.8. The van der Waals surface area contributed by atoms with Crippen LogP contribution in [0.3, 0.4) is 0 Å². The van der Waals surface area contributed by atoms with Crippen molar-refractivity contribution >= 4 is 63.7 Å². The molecule has 0 spiro atoms. The first kappa shape index (κ1) is 43.0. The number of anilines is 4. The predicted octanol–water partition coefficient (Wildman–Crippen LogP) is 5.69. The largest absolute Gasteiger partial charge is 0.492 e. The number of halogens is 3. The number of hydrogen-bond acceptors (Lipinski definition) is 10. The van der Waals surface area contributed by atoms with Crippen molar-refractivity contribution in [2.75, 3.05) is 53.2 Å². The van der Waals surface area contributed by atoms with Crippen molar-refractivity contribution in [2.24, 2.45) is 0 Å². The van der Waals surface area contributed by atoms with Crippen molar-refractivity contribution in [2.45, 2.75) is 83.7 Å². The van der Waals surface area contributed by atoms with Crippen LogP contribution in [0.1, 0.15) is 64.2 Å². The summed E-state index contributed by atoms with van der Waals surface area (Å²) in [6, 6.07) is 16.9. The van der Waals surface area contributed by atoms with Crippen LogP contribution in [0.15, 0.2) is 60.7 Å². The molecule has 3 aromatic rings. The van der Waals surface area contributed by atoms with E-state index in [9.17, 15) is 37.6 Å². The molecule has 3 saturated heterocycles. The normalized spacial score (nSPS) is 21.3. The van der Waals surface area contributed by atoms with Crippen LogP contribution in [0.2, 0.25) is 0 Å². The second kappa shape index (κ2) is 17.3. The van der Waals surface area contributed by atoms with Crippen molar-refractivity contribution in [3.63, 3.8) is 0 Å². The lowest BCUT2D eigenvalue weighted by Gasteiger charge is -2.44. The van der Waals surface area contributed by atoms with Gasteiger partial charge in [-0.05, 0) is 113 Å². The Morgan fingerprint density at radius 2 is 1.71 bits per heavy atom. The number of ether oxygens (including phenoxy) is 1. The van der Waals surface area contributed by atoms with Crippen LogP contribution in [0.5, 0.6) is 5.75 Å². The highest BCUT2D eigenvalue weighted by Gasteiger charge is 2.51. The van der Waals surface area contributed by atoms with Gasteiger partial charge in [-0.25, -0.2) is 0 Å². The highest BCUT2D eigenvalue weighted by Crippen LogP contribution is 2.40. The van der Waals surface area contributed by atoms with Gasteiger partial charge in [0.25, 0.3) is 5.91 Å². The van der Waals surface area contributed by atoms with Gasteiger partial charge in [0.1, 0.15) is 23.9 Å². The Morgan fingerprint density at radius 3 is 2.37 bits per heavy atom. The molecule has 3 atom stereocenters. The number of benzene rings is 3.